The number of hydrogen-bond acceptors (Lipinski definition) is 2. The lowest BCUT2D eigenvalue weighted by atomic mass is 9.96. The molecule has 0 bridgehead atoms. The van der Waals surface area contributed by atoms with Gasteiger partial charge in [0.1, 0.15) is 0 Å². The minimum absolute atomic E-state index is 0.929. The normalized spacial score (nSPS) is 12.9. The van der Waals surface area contributed by atoms with E-state index in [1.165, 1.54) is 103 Å². The zero-order valence-electron chi connectivity index (χ0n) is 17.2. The fourth-order valence-electron chi connectivity index (χ4n) is 3.46. The van der Waals surface area contributed by atoms with Crippen molar-refractivity contribution in [1.29, 1.82) is 0 Å². The third-order valence-corrected chi connectivity index (χ3v) is 5.47. The molecule has 0 amide bonds. The van der Waals surface area contributed by atoms with Crippen LogP contribution >= 0.6 is 12.6 Å². The van der Waals surface area contributed by atoms with Crippen molar-refractivity contribution >= 4 is 12.6 Å². The molecule has 0 radical (unpaired) electrons. The van der Waals surface area contributed by atoms with Crippen molar-refractivity contribution < 1.29 is 0 Å². The van der Waals surface area contributed by atoms with Crippen molar-refractivity contribution in [2.45, 2.75) is 110 Å². The van der Waals surface area contributed by atoms with Crippen molar-refractivity contribution in [3.63, 3.8) is 0 Å². The van der Waals surface area contributed by atoms with Gasteiger partial charge < -0.3 is 4.90 Å². The number of unbranched alkanes of at least 4 members (excludes halogenated alkanes) is 11. The Labute approximate surface area is 159 Å². The van der Waals surface area contributed by atoms with E-state index in [0.717, 1.165) is 18.2 Å². The van der Waals surface area contributed by atoms with Crippen LogP contribution in [0.25, 0.3) is 0 Å². The molecular weight excluding hydrogens is 310 g/mol. The molecule has 0 aliphatic carbocycles. The average molecular weight is 358 g/mol. The van der Waals surface area contributed by atoms with Gasteiger partial charge in [-0.3, -0.25) is 0 Å². The van der Waals surface area contributed by atoms with Crippen LogP contribution in [0, 0.1) is 5.92 Å². The minimum Gasteiger partial charge on any atom is -0.306 e. The summed E-state index contributed by atoms with van der Waals surface area (Å²) in [6, 6.07) is 0. The van der Waals surface area contributed by atoms with Crippen LogP contribution in [0.1, 0.15) is 110 Å². The largest absolute Gasteiger partial charge is 0.306 e. The molecule has 0 saturated carbocycles. The smallest absolute Gasteiger partial charge is 0.00668 e. The topological polar surface area (TPSA) is 3.24 Å². The van der Waals surface area contributed by atoms with Crippen molar-refractivity contribution in [2.75, 3.05) is 25.9 Å². The Hall–Kier alpha value is 0.310. The Morgan fingerprint density at radius 2 is 1.12 bits per heavy atom. The first-order chi connectivity index (χ1) is 11.7. The van der Waals surface area contributed by atoms with E-state index in [4.69, 9.17) is 0 Å². The van der Waals surface area contributed by atoms with E-state index in [1.54, 1.807) is 0 Å². The van der Waals surface area contributed by atoms with Gasteiger partial charge in [-0.25, -0.2) is 0 Å². The summed E-state index contributed by atoms with van der Waals surface area (Å²) in [4.78, 5) is 2.40. The molecule has 0 fully saturated rings. The Bertz CT molecular complexity index is 232. The zero-order valence-corrected chi connectivity index (χ0v) is 18.1. The van der Waals surface area contributed by atoms with Crippen LogP contribution in [0.5, 0.6) is 0 Å². The van der Waals surface area contributed by atoms with E-state index in [9.17, 15) is 0 Å². The highest BCUT2D eigenvalue weighted by Crippen LogP contribution is 2.17. The molecule has 0 saturated heterocycles. The van der Waals surface area contributed by atoms with E-state index in [0.29, 0.717) is 0 Å². The zero-order chi connectivity index (χ0) is 17.9. The summed E-state index contributed by atoms with van der Waals surface area (Å²) in [6.45, 7) is 7.11. The van der Waals surface area contributed by atoms with E-state index in [2.05, 4.69) is 38.4 Å². The molecule has 146 valence electrons. The molecule has 0 aliphatic rings. The maximum Gasteiger partial charge on any atom is 0.00668 e. The standard InChI is InChI=1S/C22H47NS/c1-4-5-6-7-8-9-10-11-12-13-14-17-22(2)18-15-16-19-23(3)20-21-24/h22,24H,4-21H2,1-3H3/t22-/m0/s1. The number of hydrogen-bond donors (Lipinski definition) is 1. The third-order valence-electron chi connectivity index (χ3n) is 5.27. The summed E-state index contributed by atoms with van der Waals surface area (Å²) >= 11 is 4.29. The maximum atomic E-state index is 4.29. The van der Waals surface area contributed by atoms with Crippen LogP contribution in [0.4, 0.5) is 0 Å². The lowest BCUT2D eigenvalue weighted by Gasteiger charge is -2.16. The summed E-state index contributed by atoms with van der Waals surface area (Å²) in [5.74, 6) is 1.91. The average Bonchev–Trinajstić information content (AvgIpc) is 2.57. The summed E-state index contributed by atoms with van der Waals surface area (Å²) < 4.78 is 0. The fraction of sp³-hybridized carbons (Fsp3) is 1.00. The van der Waals surface area contributed by atoms with Gasteiger partial charge in [-0.2, -0.15) is 12.6 Å². The van der Waals surface area contributed by atoms with Gasteiger partial charge in [-0.05, 0) is 25.9 Å². The van der Waals surface area contributed by atoms with Crippen molar-refractivity contribution in [3.8, 4) is 0 Å². The highest BCUT2D eigenvalue weighted by atomic mass is 32.1. The first kappa shape index (κ1) is 24.3. The van der Waals surface area contributed by atoms with Gasteiger partial charge in [0.2, 0.25) is 0 Å². The van der Waals surface area contributed by atoms with Gasteiger partial charge in [0.25, 0.3) is 0 Å². The molecule has 24 heavy (non-hydrogen) atoms. The minimum atomic E-state index is 0.929. The van der Waals surface area contributed by atoms with E-state index >= 15 is 0 Å². The molecule has 1 atom stereocenters. The maximum absolute atomic E-state index is 4.29. The number of rotatable bonds is 19. The van der Waals surface area contributed by atoms with E-state index in [1.807, 2.05) is 0 Å². The van der Waals surface area contributed by atoms with Crippen LogP contribution < -0.4 is 0 Å². The van der Waals surface area contributed by atoms with Crippen LogP contribution in [-0.2, 0) is 0 Å². The lowest BCUT2D eigenvalue weighted by molar-refractivity contribution is 0.335. The molecule has 0 aromatic heterocycles. The SMILES string of the molecule is CCCCCCCCCCCCC[C@H](C)CCCCN(C)CCS. The second kappa shape index (κ2) is 19.6. The van der Waals surface area contributed by atoms with Gasteiger partial charge >= 0.3 is 0 Å². The summed E-state index contributed by atoms with van der Waals surface area (Å²) in [7, 11) is 2.21. The molecule has 0 rings (SSSR count). The molecule has 2 heteroatoms. The Morgan fingerprint density at radius 3 is 1.62 bits per heavy atom. The second-order valence-corrected chi connectivity index (χ2v) is 8.40. The lowest BCUT2D eigenvalue weighted by Crippen LogP contribution is -2.21. The highest BCUT2D eigenvalue weighted by Gasteiger charge is 2.03. The van der Waals surface area contributed by atoms with Crippen LogP contribution in [0.2, 0.25) is 0 Å². The highest BCUT2D eigenvalue weighted by molar-refractivity contribution is 7.80. The summed E-state index contributed by atoms with van der Waals surface area (Å²) in [5, 5.41) is 0. The van der Waals surface area contributed by atoms with Crippen LogP contribution in [-0.4, -0.2) is 30.8 Å². The Kier molecular flexibility index (Phi) is 19.9. The molecule has 0 aromatic rings. The number of nitrogens with zero attached hydrogens (tertiary/aromatic N) is 1. The Morgan fingerprint density at radius 1 is 0.667 bits per heavy atom. The predicted molar refractivity (Wildman–Crippen MR) is 115 cm³/mol. The molecule has 0 aromatic carbocycles. The molecule has 0 spiro atoms. The monoisotopic (exact) mass is 357 g/mol. The predicted octanol–water partition coefficient (Wildman–Crippen LogP) is 7.36. The van der Waals surface area contributed by atoms with Crippen molar-refractivity contribution in [2.24, 2.45) is 5.92 Å². The molecule has 1 nitrogen and oxygen atoms in total. The van der Waals surface area contributed by atoms with Gasteiger partial charge in [0, 0.05) is 12.3 Å². The van der Waals surface area contributed by atoms with Gasteiger partial charge in [-0.1, -0.05) is 104 Å². The first-order valence-corrected chi connectivity index (χ1v) is 11.6. The summed E-state index contributed by atoms with van der Waals surface area (Å²) in [6.07, 6.45) is 21.6. The van der Waals surface area contributed by atoms with E-state index in [-0.39, 0.29) is 0 Å². The van der Waals surface area contributed by atoms with Crippen molar-refractivity contribution in [1.82, 2.24) is 4.90 Å². The number of thiol groups is 1. The van der Waals surface area contributed by atoms with Crippen LogP contribution in [0.15, 0.2) is 0 Å². The molecule has 0 heterocycles. The molecule has 0 aliphatic heterocycles. The summed E-state index contributed by atoms with van der Waals surface area (Å²) in [5.41, 5.74) is 0. The second-order valence-electron chi connectivity index (χ2n) is 7.95. The first-order valence-electron chi connectivity index (χ1n) is 11.0. The van der Waals surface area contributed by atoms with Crippen LogP contribution in [0.3, 0.4) is 0 Å². The fourth-order valence-corrected chi connectivity index (χ4v) is 3.80. The van der Waals surface area contributed by atoms with Gasteiger partial charge in [0.15, 0.2) is 0 Å². The quantitative estimate of drug-likeness (QED) is 0.187. The van der Waals surface area contributed by atoms with Gasteiger partial charge in [0.05, 0.1) is 0 Å². The van der Waals surface area contributed by atoms with Gasteiger partial charge in [-0.15, -0.1) is 0 Å². The molecule has 0 unspecified atom stereocenters. The van der Waals surface area contributed by atoms with E-state index < -0.39 is 0 Å². The molecular formula is C22H47NS. The van der Waals surface area contributed by atoms with Crippen molar-refractivity contribution in [3.05, 3.63) is 0 Å². The molecule has 0 N–H and O–H groups in total. The Balaban J connectivity index is 3.19. The third kappa shape index (κ3) is 18.6.